The molecule has 136 valence electrons. The van der Waals surface area contributed by atoms with Gasteiger partial charge < -0.3 is 10.2 Å². The molecule has 0 radical (unpaired) electrons. The molecule has 3 heterocycles. The SMILES string of the molecule is Cc1cc(C(=O)NCc2ccccn2)nc(N2CCc3ccccc3C2)n1. The molecule has 0 bridgehead atoms. The second-order valence-electron chi connectivity index (χ2n) is 6.64. The number of aromatic nitrogens is 3. The monoisotopic (exact) mass is 359 g/mol. The zero-order valence-corrected chi connectivity index (χ0v) is 15.2. The van der Waals surface area contributed by atoms with E-state index in [1.807, 2.05) is 25.1 Å². The Kier molecular flexibility index (Phi) is 4.78. The van der Waals surface area contributed by atoms with E-state index < -0.39 is 0 Å². The first-order valence-corrected chi connectivity index (χ1v) is 9.04. The van der Waals surface area contributed by atoms with Gasteiger partial charge in [-0.3, -0.25) is 9.78 Å². The van der Waals surface area contributed by atoms with Crippen LogP contribution in [0, 0.1) is 6.92 Å². The third-order valence-electron chi connectivity index (χ3n) is 4.64. The molecule has 0 aliphatic carbocycles. The normalized spacial score (nSPS) is 13.1. The minimum Gasteiger partial charge on any atom is -0.345 e. The topological polar surface area (TPSA) is 71.0 Å². The van der Waals surface area contributed by atoms with Crippen LogP contribution in [0.25, 0.3) is 0 Å². The molecule has 4 rings (SSSR count). The average molecular weight is 359 g/mol. The Bertz CT molecular complexity index is 958. The molecule has 1 aliphatic heterocycles. The number of amides is 1. The fraction of sp³-hybridized carbons (Fsp3) is 0.238. The molecule has 27 heavy (non-hydrogen) atoms. The van der Waals surface area contributed by atoms with Crippen molar-refractivity contribution < 1.29 is 4.79 Å². The molecule has 6 heteroatoms. The van der Waals surface area contributed by atoms with E-state index in [0.717, 1.165) is 30.9 Å². The molecule has 0 saturated heterocycles. The first-order valence-electron chi connectivity index (χ1n) is 9.04. The number of fused-ring (bicyclic) bond motifs is 1. The van der Waals surface area contributed by atoms with E-state index >= 15 is 0 Å². The Balaban J connectivity index is 1.51. The molecular weight excluding hydrogens is 338 g/mol. The average Bonchev–Trinajstić information content (AvgIpc) is 2.72. The van der Waals surface area contributed by atoms with Gasteiger partial charge >= 0.3 is 0 Å². The molecule has 1 aliphatic rings. The van der Waals surface area contributed by atoms with Gasteiger partial charge in [-0.15, -0.1) is 0 Å². The van der Waals surface area contributed by atoms with Crippen LogP contribution >= 0.6 is 0 Å². The number of hydrogen-bond donors (Lipinski definition) is 1. The molecule has 0 atom stereocenters. The standard InChI is InChI=1S/C21H21N5O/c1-15-12-19(20(27)23-13-18-8-4-5-10-22-18)25-21(24-15)26-11-9-16-6-2-3-7-17(16)14-26/h2-8,10,12H,9,11,13-14H2,1H3,(H,23,27). The lowest BCUT2D eigenvalue weighted by Gasteiger charge is -2.29. The Labute approximate surface area is 158 Å². The van der Waals surface area contributed by atoms with Crippen LogP contribution in [0.1, 0.15) is 33.0 Å². The van der Waals surface area contributed by atoms with Crippen LogP contribution in [-0.2, 0) is 19.5 Å². The van der Waals surface area contributed by atoms with Crippen molar-refractivity contribution in [1.29, 1.82) is 0 Å². The third kappa shape index (κ3) is 3.95. The maximum absolute atomic E-state index is 12.6. The van der Waals surface area contributed by atoms with Crippen molar-refractivity contribution in [3.05, 3.63) is 82.9 Å². The van der Waals surface area contributed by atoms with Crippen molar-refractivity contribution in [3.8, 4) is 0 Å². The highest BCUT2D eigenvalue weighted by Gasteiger charge is 2.20. The van der Waals surface area contributed by atoms with Gasteiger partial charge in [0.1, 0.15) is 5.69 Å². The number of benzene rings is 1. The molecule has 3 aromatic rings. The van der Waals surface area contributed by atoms with Crippen LogP contribution in [0.4, 0.5) is 5.95 Å². The largest absolute Gasteiger partial charge is 0.345 e. The minimum atomic E-state index is -0.218. The molecule has 1 aromatic carbocycles. The highest BCUT2D eigenvalue weighted by Crippen LogP contribution is 2.22. The number of nitrogens with zero attached hydrogens (tertiary/aromatic N) is 4. The number of anilines is 1. The summed E-state index contributed by atoms with van der Waals surface area (Å²) in [5, 5.41) is 2.88. The van der Waals surface area contributed by atoms with Gasteiger partial charge in [0.2, 0.25) is 5.95 Å². The summed E-state index contributed by atoms with van der Waals surface area (Å²) >= 11 is 0. The Morgan fingerprint density at radius 3 is 2.74 bits per heavy atom. The molecule has 6 nitrogen and oxygen atoms in total. The van der Waals surface area contributed by atoms with Gasteiger partial charge in [0.05, 0.1) is 12.2 Å². The number of hydrogen-bond acceptors (Lipinski definition) is 5. The van der Waals surface area contributed by atoms with E-state index in [2.05, 4.69) is 49.4 Å². The van der Waals surface area contributed by atoms with Gasteiger partial charge in [-0.05, 0) is 42.7 Å². The van der Waals surface area contributed by atoms with Crippen molar-refractivity contribution in [3.63, 3.8) is 0 Å². The maximum Gasteiger partial charge on any atom is 0.270 e. The number of rotatable bonds is 4. The van der Waals surface area contributed by atoms with Gasteiger partial charge in [0, 0.05) is 25.0 Å². The molecular formula is C21H21N5O. The minimum absolute atomic E-state index is 0.218. The molecule has 0 spiro atoms. The Morgan fingerprint density at radius 2 is 1.93 bits per heavy atom. The van der Waals surface area contributed by atoms with Crippen LogP contribution in [0.5, 0.6) is 0 Å². The summed E-state index contributed by atoms with van der Waals surface area (Å²) in [5.74, 6) is 0.386. The molecule has 1 amide bonds. The van der Waals surface area contributed by atoms with E-state index in [4.69, 9.17) is 0 Å². The van der Waals surface area contributed by atoms with E-state index in [1.54, 1.807) is 12.3 Å². The maximum atomic E-state index is 12.6. The van der Waals surface area contributed by atoms with E-state index in [-0.39, 0.29) is 5.91 Å². The van der Waals surface area contributed by atoms with E-state index in [0.29, 0.717) is 18.2 Å². The quantitative estimate of drug-likeness (QED) is 0.775. The van der Waals surface area contributed by atoms with E-state index in [1.165, 1.54) is 11.1 Å². The summed E-state index contributed by atoms with van der Waals surface area (Å²) in [6, 6.07) is 15.8. The summed E-state index contributed by atoms with van der Waals surface area (Å²) < 4.78 is 0. The molecule has 0 unspecified atom stereocenters. The lowest BCUT2D eigenvalue weighted by atomic mass is 10.0. The van der Waals surface area contributed by atoms with Crippen molar-refractivity contribution in [2.45, 2.75) is 26.4 Å². The lowest BCUT2D eigenvalue weighted by Crippen LogP contribution is -2.33. The second-order valence-corrected chi connectivity index (χ2v) is 6.64. The lowest BCUT2D eigenvalue weighted by molar-refractivity contribution is 0.0945. The zero-order valence-electron chi connectivity index (χ0n) is 15.2. The highest BCUT2D eigenvalue weighted by molar-refractivity contribution is 5.92. The number of pyridine rings is 1. The molecule has 0 saturated carbocycles. The highest BCUT2D eigenvalue weighted by atomic mass is 16.1. The van der Waals surface area contributed by atoms with Gasteiger partial charge in [0.25, 0.3) is 5.91 Å². The van der Waals surface area contributed by atoms with Gasteiger partial charge in [-0.1, -0.05) is 30.3 Å². The van der Waals surface area contributed by atoms with Gasteiger partial charge in [-0.2, -0.15) is 0 Å². The summed E-state index contributed by atoms with van der Waals surface area (Å²) in [7, 11) is 0. The van der Waals surface area contributed by atoms with Crippen molar-refractivity contribution >= 4 is 11.9 Å². The van der Waals surface area contributed by atoms with Gasteiger partial charge in [-0.25, -0.2) is 9.97 Å². The van der Waals surface area contributed by atoms with Crippen LogP contribution in [0.2, 0.25) is 0 Å². The predicted octanol–water partition coefficient (Wildman–Crippen LogP) is 2.67. The van der Waals surface area contributed by atoms with Crippen molar-refractivity contribution in [1.82, 2.24) is 20.3 Å². The number of carbonyl (C=O) groups excluding carboxylic acids is 1. The number of carbonyl (C=O) groups is 1. The zero-order chi connectivity index (χ0) is 18.6. The molecule has 2 aromatic heterocycles. The molecule has 1 N–H and O–H groups in total. The summed E-state index contributed by atoms with van der Waals surface area (Å²) in [5.41, 5.74) is 4.63. The van der Waals surface area contributed by atoms with Crippen LogP contribution in [0.3, 0.4) is 0 Å². The Morgan fingerprint density at radius 1 is 1.11 bits per heavy atom. The smallest absolute Gasteiger partial charge is 0.270 e. The predicted molar refractivity (Wildman–Crippen MR) is 103 cm³/mol. The fourth-order valence-corrected chi connectivity index (χ4v) is 3.24. The fourth-order valence-electron chi connectivity index (χ4n) is 3.24. The summed E-state index contributed by atoms with van der Waals surface area (Å²) in [6.07, 6.45) is 2.66. The van der Waals surface area contributed by atoms with Crippen LogP contribution < -0.4 is 10.2 Å². The third-order valence-corrected chi connectivity index (χ3v) is 4.64. The van der Waals surface area contributed by atoms with Gasteiger partial charge in [0.15, 0.2) is 0 Å². The van der Waals surface area contributed by atoms with E-state index in [9.17, 15) is 4.79 Å². The Hall–Kier alpha value is -3.28. The van der Waals surface area contributed by atoms with Crippen molar-refractivity contribution in [2.75, 3.05) is 11.4 Å². The molecule has 0 fully saturated rings. The first kappa shape index (κ1) is 17.1. The summed E-state index contributed by atoms with van der Waals surface area (Å²) in [4.78, 5) is 28.0. The van der Waals surface area contributed by atoms with Crippen LogP contribution in [-0.4, -0.2) is 27.4 Å². The van der Waals surface area contributed by atoms with Crippen LogP contribution in [0.15, 0.2) is 54.7 Å². The number of nitrogens with one attached hydrogen (secondary N) is 1. The first-order chi connectivity index (χ1) is 13.2. The summed E-state index contributed by atoms with van der Waals surface area (Å²) in [6.45, 7) is 3.86. The van der Waals surface area contributed by atoms with Crippen molar-refractivity contribution in [2.24, 2.45) is 0 Å². The second kappa shape index (κ2) is 7.53. The number of aryl methyl sites for hydroxylation is 1.